The number of amides is 1. The minimum Gasteiger partial charge on any atom is -0.339 e. The second kappa shape index (κ2) is 3.87. The number of hydrogen-bond acceptors (Lipinski definition) is 3. The van der Waals surface area contributed by atoms with E-state index in [1.807, 2.05) is 4.90 Å². The maximum atomic E-state index is 11.8. The minimum atomic E-state index is 0.280. The molecule has 4 heteroatoms. The molecule has 2 aliphatic rings. The molecule has 2 rings (SSSR count). The van der Waals surface area contributed by atoms with Crippen LogP contribution in [0.25, 0.3) is 0 Å². The van der Waals surface area contributed by atoms with Crippen molar-refractivity contribution in [2.24, 2.45) is 5.73 Å². The first-order valence-electron chi connectivity index (χ1n) is 5.48. The zero-order chi connectivity index (χ0) is 10.1. The Bertz CT molecular complexity index is 221. The quantitative estimate of drug-likeness (QED) is 0.669. The summed E-state index contributed by atoms with van der Waals surface area (Å²) in [6.07, 6.45) is 2.39. The highest BCUT2D eigenvalue weighted by Gasteiger charge is 2.33. The molecule has 2 fully saturated rings. The van der Waals surface area contributed by atoms with Crippen LogP contribution < -0.4 is 5.73 Å². The van der Waals surface area contributed by atoms with Gasteiger partial charge in [-0.25, -0.2) is 0 Å². The lowest BCUT2D eigenvalue weighted by molar-refractivity contribution is -0.133. The number of likely N-dealkylation sites (N-methyl/N-ethyl adjacent to an activating group) is 1. The van der Waals surface area contributed by atoms with Gasteiger partial charge in [-0.2, -0.15) is 0 Å². The zero-order valence-electron chi connectivity index (χ0n) is 8.78. The van der Waals surface area contributed by atoms with Gasteiger partial charge in [-0.3, -0.25) is 9.69 Å². The highest BCUT2D eigenvalue weighted by Crippen LogP contribution is 2.26. The normalized spacial score (nSPS) is 23.3. The lowest BCUT2D eigenvalue weighted by atomic mass is 10.1. The lowest BCUT2D eigenvalue weighted by Crippen LogP contribution is -2.58. The summed E-state index contributed by atoms with van der Waals surface area (Å²) in [5.74, 6) is 0.280. The molecule has 0 unspecified atom stereocenters. The van der Waals surface area contributed by atoms with Gasteiger partial charge in [-0.05, 0) is 19.8 Å². The standard InChI is InChI=1S/C10H19N3O/c1-2-13(9-3-4-9)10(14)7-12-5-8(11)6-12/h8-9H,2-7,11H2,1H3. The first-order valence-corrected chi connectivity index (χ1v) is 5.48. The molecule has 0 aromatic carbocycles. The molecule has 0 aromatic rings. The lowest BCUT2D eigenvalue weighted by Gasteiger charge is -2.37. The van der Waals surface area contributed by atoms with Crippen molar-refractivity contribution in [3.63, 3.8) is 0 Å². The van der Waals surface area contributed by atoms with Crippen LogP contribution in [0.2, 0.25) is 0 Å². The van der Waals surface area contributed by atoms with Crippen LogP contribution in [0.15, 0.2) is 0 Å². The van der Waals surface area contributed by atoms with Crippen molar-refractivity contribution in [2.75, 3.05) is 26.2 Å². The zero-order valence-corrected chi connectivity index (χ0v) is 8.78. The Labute approximate surface area is 85.0 Å². The first kappa shape index (κ1) is 9.93. The molecule has 1 saturated heterocycles. The van der Waals surface area contributed by atoms with E-state index in [1.165, 1.54) is 12.8 Å². The van der Waals surface area contributed by atoms with Crippen molar-refractivity contribution < 1.29 is 4.79 Å². The fourth-order valence-corrected chi connectivity index (χ4v) is 2.05. The van der Waals surface area contributed by atoms with Crippen molar-refractivity contribution in [3.8, 4) is 0 Å². The summed E-state index contributed by atoms with van der Waals surface area (Å²) in [7, 11) is 0. The van der Waals surface area contributed by atoms with Crippen LogP contribution in [0.4, 0.5) is 0 Å². The minimum absolute atomic E-state index is 0.280. The second-order valence-electron chi connectivity index (χ2n) is 4.37. The molecule has 80 valence electrons. The summed E-state index contributed by atoms with van der Waals surface area (Å²) >= 11 is 0. The summed E-state index contributed by atoms with van der Waals surface area (Å²) in [6.45, 7) is 5.24. The Balaban J connectivity index is 1.76. The Morgan fingerprint density at radius 3 is 2.57 bits per heavy atom. The van der Waals surface area contributed by atoms with Gasteiger partial charge in [-0.15, -0.1) is 0 Å². The summed E-state index contributed by atoms with van der Waals surface area (Å²) in [6, 6.07) is 0.834. The van der Waals surface area contributed by atoms with Crippen molar-refractivity contribution in [3.05, 3.63) is 0 Å². The van der Waals surface area contributed by atoms with E-state index < -0.39 is 0 Å². The van der Waals surface area contributed by atoms with Crippen LogP contribution >= 0.6 is 0 Å². The van der Waals surface area contributed by atoms with E-state index in [0.717, 1.165) is 19.6 Å². The van der Waals surface area contributed by atoms with Crippen molar-refractivity contribution in [1.82, 2.24) is 9.80 Å². The van der Waals surface area contributed by atoms with Crippen LogP contribution in [0.1, 0.15) is 19.8 Å². The summed E-state index contributed by atoms with van der Waals surface area (Å²) in [5.41, 5.74) is 5.66. The fourth-order valence-electron chi connectivity index (χ4n) is 2.05. The predicted octanol–water partition coefficient (Wildman–Crippen LogP) is -0.360. The second-order valence-corrected chi connectivity index (χ2v) is 4.37. The van der Waals surface area contributed by atoms with Gasteiger partial charge in [0.05, 0.1) is 6.54 Å². The molecular weight excluding hydrogens is 178 g/mol. The van der Waals surface area contributed by atoms with Gasteiger partial charge in [0.25, 0.3) is 0 Å². The Morgan fingerprint density at radius 1 is 1.50 bits per heavy atom. The largest absolute Gasteiger partial charge is 0.339 e. The van der Waals surface area contributed by atoms with Gasteiger partial charge in [-0.1, -0.05) is 0 Å². The van der Waals surface area contributed by atoms with E-state index in [9.17, 15) is 4.79 Å². The summed E-state index contributed by atoms with van der Waals surface area (Å²) in [4.78, 5) is 15.9. The number of likely N-dealkylation sites (tertiary alicyclic amines) is 1. The van der Waals surface area contributed by atoms with E-state index in [0.29, 0.717) is 18.6 Å². The maximum absolute atomic E-state index is 11.8. The molecule has 1 saturated carbocycles. The smallest absolute Gasteiger partial charge is 0.236 e. The van der Waals surface area contributed by atoms with Crippen LogP contribution in [0.5, 0.6) is 0 Å². The van der Waals surface area contributed by atoms with E-state index in [1.54, 1.807) is 0 Å². The predicted molar refractivity (Wildman–Crippen MR) is 54.8 cm³/mol. The van der Waals surface area contributed by atoms with Crippen LogP contribution in [0, 0.1) is 0 Å². The van der Waals surface area contributed by atoms with Crippen molar-refractivity contribution in [2.45, 2.75) is 31.8 Å². The van der Waals surface area contributed by atoms with Gasteiger partial charge in [0.1, 0.15) is 0 Å². The number of rotatable bonds is 4. The van der Waals surface area contributed by atoms with Gasteiger partial charge < -0.3 is 10.6 Å². The van der Waals surface area contributed by atoms with Gasteiger partial charge in [0.15, 0.2) is 0 Å². The third-order valence-electron chi connectivity index (χ3n) is 2.99. The highest BCUT2D eigenvalue weighted by molar-refractivity contribution is 5.79. The molecule has 0 spiro atoms. The maximum Gasteiger partial charge on any atom is 0.236 e. The van der Waals surface area contributed by atoms with E-state index >= 15 is 0 Å². The summed E-state index contributed by atoms with van der Waals surface area (Å²) < 4.78 is 0. The van der Waals surface area contributed by atoms with E-state index in [-0.39, 0.29) is 5.91 Å². The molecule has 4 nitrogen and oxygen atoms in total. The SMILES string of the molecule is CCN(C(=O)CN1CC(N)C1)C1CC1. The average Bonchev–Trinajstić information content (AvgIpc) is 2.87. The Hall–Kier alpha value is -0.610. The summed E-state index contributed by atoms with van der Waals surface area (Å²) in [5, 5.41) is 0. The van der Waals surface area contributed by atoms with Crippen LogP contribution in [-0.4, -0.2) is 54.0 Å². The molecular formula is C10H19N3O. The number of hydrogen-bond donors (Lipinski definition) is 1. The number of carbonyl (C=O) groups excluding carboxylic acids is 1. The fraction of sp³-hybridized carbons (Fsp3) is 0.900. The van der Waals surface area contributed by atoms with Crippen molar-refractivity contribution >= 4 is 5.91 Å². The molecule has 1 aliphatic carbocycles. The topological polar surface area (TPSA) is 49.6 Å². The number of nitrogens with zero attached hydrogens (tertiary/aromatic N) is 2. The molecule has 0 radical (unpaired) electrons. The third-order valence-corrected chi connectivity index (χ3v) is 2.99. The van der Waals surface area contributed by atoms with Crippen LogP contribution in [0.3, 0.4) is 0 Å². The van der Waals surface area contributed by atoms with Crippen LogP contribution in [-0.2, 0) is 4.79 Å². The van der Waals surface area contributed by atoms with Gasteiger partial charge in [0.2, 0.25) is 5.91 Å². The average molecular weight is 197 g/mol. The first-order chi connectivity index (χ1) is 6.70. The Kier molecular flexibility index (Phi) is 2.74. The van der Waals surface area contributed by atoms with Gasteiger partial charge >= 0.3 is 0 Å². The number of carbonyl (C=O) groups is 1. The highest BCUT2D eigenvalue weighted by atomic mass is 16.2. The third kappa shape index (κ3) is 2.07. The molecule has 0 bridgehead atoms. The van der Waals surface area contributed by atoms with Crippen molar-refractivity contribution in [1.29, 1.82) is 0 Å². The van der Waals surface area contributed by atoms with E-state index in [4.69, 9.17) is 5.73 Å². The molecule has 2 N–H and O–H groups in total. The molecule has 1 aliphatic heterocycles. The van der Waals surface area contributed by atoms with Gasteiger partial charge in [0, 0.05) is 31.7 Å². The molecule has 0 atom stereocenters. The number of nitrogens with two attached hydrogens (primary N) is 1. The molecule has 1 heterocycles. The molecule has 1 amide bonds. The van der Waals surface area contributed by atoms with E-state index in [2.05, 4.69) is 11.8 Å². The monoisotopic (exact) mass is 197 g/mol. The Morgan fingerprint density at radius 2 is 2.14 bits per heavy atom. The molecule has 0 aromatic heterocycles. The molecule has 14 heavy (non-hydrogen) atoms.